The molecule has 1 aliphatic heterocycles. The summed E-state index contributed by atoms with van der Waals surface area (Å²) in [5, 5.41) is 0. The summed E-state index contributed by atoms with van der Waals surface area (Å²) < 4.78 is 11.3. The molecule has 1 heterocycles. The minimum absolute atomic E-state index is 0.0176. The van der Waals surface area contributed by atoms with Crippen LogP contribution in [0.2, 0.25) is 0 Å². The number of benzene rings is 3. The Hall–Kier alpha value is -4.17. The lowest BCUT2D eigenvalue weighted by Crippen LogP contribution is -2.51. The van der Waals surface area contributed by atoms with Crippen molar-refractivity contribution in [2.24, 2.45) is 5.73 Å². The second-order valence-corrected chi connectivity index (χ2v) is 8.50. The molecule has 1 saturated heterocycles. The van der Waals surface area contributed by atoms with Gasteiger partial charge >= 0.3 is 0 Å². The Bertz CT molecular complexity index is 1210. The summed E-state index contributed by atoms with van der Waals surface area (Å²) in [5.41, 5.74) is 8.08. The predicted octanol–water partition coefficient (Wildman–Crippen LogP) is 2.87. The van der Waals surface area contributed by atoms with Crippen molar-refractivity contribution in [1.82, 2.24) is 9.80 Å². The number of carbonyl (C=O) groups is 3. The smallest absolute Gasteiger partial charge is 0.253 e. The molecule has 0 radical (unpaired) electrons. The number of hydrogen-bond acceptors (Lipinski definition) is 5. The fraction of sp³-hybridized carbons (Fsp3) is 0.250. The highest BCUT2D eigenvalue weighted by atomic mass is 16.5. The topological polar surface area (TPSA) is 102 Å². The Morgan fingerprint density at radius 3 is 2.17 bits per heavy atom. The fourth-order valence-electron chi connectivity index (χ4n) is 4.01. The van der Waals surface area contributed by atoms with Crippen molar-refractivity contribution in [2.75, 3.05) is 32.8 Å². The highest BCUT2D eigenvalue weighted by Gasteiger charge is 2.25. The van der Waals surface area contributed by atoms with Crippen LogP contribution < -0.4 is 10.5 Å². The summed E-state index contributed by atoms with van der Waals surface area (Å²) in [5.74, 6) is -0.333. The summed E-state index contributed by atoms with van der Waals surface area (Å²) >= 11 is 0. The van der Waals surface area contributed by atoms with Gasteiger partial charge in [-0.3, -0.25) is 14.4 Å². The van der Waals surface area contributed by atoms with E-state index in [0.717, 1.165) is 11.1 Å². The maximum absolute atomic E-state index is 13.1. The minimum atomic E-state index is -0.560. The van der Waals surface area contributed by atoms with E-state index in [1.807, 2.05) is 36.4 Å². The molecule has 8 nitrogen and oxygen atoms in total. The van der Waals surface area contributed by atoms with E-state index in [0.29, 0.717) is 49.7 Å². The number of para-hydroxylation sites is 1. The molecule has 8 heteroatoms. The van der Waals surface area contributed by atoms with Crippen molar-refractivity contribution in [3.63, 3.8) is 0 Å². The van der Waals surface area contributed by atoms with Gasteiger partial charge in [0.15, 0.2) is 0 Å². The third kappa shape index (κ3) is 6.49. The van der Waals surface area contributed by atoms with E-state index in [1.165, 1.54) is 0 Å². The first-order valence-electron chi connectivity index (χ1n) is 11.8. The molecule has 1 fully saturated rings. The Morgan fingerprint density at radius 1 is 0.750 bits per heavy atom. The van der Waals surface area contributed by atoms with Crippen molar-refractivity contribution in [3.05, 3.63) is 101 Å². The molecule has 3 aromatic carbocycles. The molecule has 0 spiro atoms. The zero-order valence-corrected chi connectivity index (χ0v) is 20.0. The van der Waals surface area contributed by atoms with Gasteiger partial charge in [-0.05, 0) is 35.4 Å². The normalized spacial score (nSPS) is 13.3. The van der Waals surface area contributed by atoms with Crippen molar-refractivity contribution < 1.29 is 23.9 Å². The van der Waals surface area contributed by atoms with E-state index in [1.54, 1.807) is 52.3 Å². The lowest BCUT2D eigenvalue weighted by atomic mass is 10.1. The van der Waals surface area contributed by atoms with Crippen LogP contribution in [-0.2, 0) is 22.7 Å². The van der Waals surface area contributed by atoms with Gasteiger partial charge in [0.05, 0.1) is 12.2 Å². The van der Waals surface area contributed by atoms with Crippen LogP contribution in [0, 0.1) is 0 Å². The number of nitrogens with two attached hydrogens (primary N) is 1. The largest absolute Gasteiger partial charge is 0.488 e. The number of carbonyl (C=O) groups excluding carboxylic acids is 3. The van der Waals surface area contributed by atoms with Gasteiger partial charge in [-0.2, -0.15) is 0 Å². The maximum atomic E-state index is 13.1. The van der Waals surface area contributed by atoms with E-state index in [9.17, 15) is 14.4 Å². The van der Waals surface area contributed by atoms with Gasteiger partial charge in [0.25, 0.3) is 11.8 Å². The second-order valence-electron chi connectivity index (χ2n) is 8.50. The third-order valence-corrected chi connectivity index (χ3v) is 5.98. The van der Waals surface area contributed by atoms with Crippen molar-refractivity contribution >= 4 is 17.7 Å². The Kier molecular flexibility index (Phi) is 8.31. The van der Waals surface area contributed by atoms with E-state index < -0.39 is 5.91 Å². The molecule has 0 unspecified atom stereocenters. The van der Waals surface area contributed by atoms with Gasteiger partial charge in [0.1, 0.15) is 19.0 Å². The molecule has 4 rings (SSSR count). The lowest BCUT2D eigenvalue weighted by molar-refractivity contribution is -0.138. The molecule has 3 amide bonds. The SMILES string of the molecule is NC(=O)c1ccccc1OCc1cccc(C(=O)N2CCN(C(=O)COCc3ccccc3)CC2)c1. The van der Waals surface area contributed by atoms with Crippen LogP contribution in [0.1, 0.15) is 31.8 Å². The first kappa shape index (κ1) is 24.9. The van der Waals surface area contributed by atoms with E-state index in [2.05, 4.69) is 0 Å². The summed E-state index contributed by atoms with van der Waals surface area (Å²) in [6.07, 6.45) is 0. The monoisotopic (exact) mass is 487 g/mol. The molecule has 0 bridgehead atoms. The van der Waals surface area contributed by atoms with Crippen LogP contribution in [0.25, 0.3) is 0 Å². The van der Waals surface area contributed by atoms with Crippen LogP contribution in [0.15, 0.2) is 78.9 Å². The number of hydrogen-bond donors (Lipinski definition) is 1. The minimum Gasteiger partial charge on any atom is -0.488 e. The number of nitrogens with zero attached hydrogens (tertiary/aromatic N) is 2. The van der Waals surface area contributed by atoms with Gasteiger partial charge in [0, 0.05) is 31.7 Å². The van der Waals surface area contributed by atoms with Gasteiger partial charge in [-0.1, -0.05) is 54.6 Å². The molecule has 0 aromatic heterocycles. The second kappa shape index (κ2) is 12.0. The zero-order chi connectivity index (χ0) is 25.3. The number of rotatable bonds is 9. The maximum Gasteiger partial charge on any atom is 0.253 e. The standard InChI is InChI=1S/C28H29N3O5/c29-27(33)24-11-4-5-12-25(24)36-19-22-9-6-10-23(17-22)28(34)31-15-13-30(14-16-31)26(32)20-35-18-21-7-2-1-3-8-21/h1-12,17H,13-16,18-20H2,(H2,29,33). The summed E-state index contributed by atoms with van der Waals surface area (Å²) in [4.78, 5) is 40.6. The van der Waals surface area contributed by atoms with Crippen LogP contribution >= 0.6 is 0 Å². The summed E-state index contributed by atoms with van der Waals surface area (Å²) in [7, 11) is 0. The molecule has 0 aliphatic carbocycles. The first-order valence-corrected chi connectivity index (χ1v) is 11.8. The van der Waals surface area contributed by atoms with Crippen LogP contribution in [0.3, 0.4) is 0 Å². The molecule has 2 N–H and O–H groups in total. The molecule has 186 valence electrons. The molecule has 3 aromatic rings. The Labute approximate surface area is 210 Å². The fourth-order valence-corrected chi connectivity index (χ4v) is 4.01. The van der Waals surface area contributed by atoms with E-state index >= 15 is 0 Å². The molecular formula is C28H29N3O5. The highest BCUT2D eigenvalue weighted by molar-refractivity contribution is 5.95. The molecule has 0 atom stereocenters. The molecular weight excluding hydrogens is 458 g/mol. The highest BCUT2D eigenvalue weighted by Crippen LogP contribution is 2.19. The van der Waals surface area contributed by atoms with Gasteiger partial charge in [0.2, 0.25) is 5.91 Å². The number of amides is 3. The zero-order valence-electron chi connectivity index (χ0n) is 20.0. The Morgan fingerprint density at radius 2 is 1.42 bits per heavy atom. The van der Waals surface area contributed by atoms with Crippen molar-refractivity contribution in [2.45, 2.75) is 13.2 Å². The lowest BCUT2D eigenvalue weighted by Gasteiger charge is -2.34. The number of piperazine rings is 1. The van der Waals surface area contributed by atoms with Crippen molar-refractivity contribution in [1.29, 1.82) is 0 Å². The molecule has 0 saturated carbocycles. The van der Waals surface area contributed by atoms with Crippen LogP contribution in [0.5, 0.6) is 5.75 Å². The quantitative estimate of drug-likeness (QED) is 0.500. The average Bonchev–Trinajstić information content (AvgIpc) is 2.92. The predicted molar refractivity (Wildman–Crippen MR) is 134 cm³/mol. The third-order valence-electron chi connectivity index (χ3n) is 5.98. The van der Waals surface area contributed by atoms with Crippen LogP contribution in [0.4, 0.5) is 0 Å². The van der Waals surface area contributed by atoms with Crippen LogP contribution in [-0.4, -0.2) is 60.3 Å². The Balaban J connectivity index is 1.26. The first-order chi connectivity index (χ1) is 17.5. The van der Waals surface area contributed by atoms with E-state index in [4.69, 9.17) is 15.2 Å². The average molecular weight is 488 g/mol. The molecule has 36 heavy (non-hydrogen) atoms. The van der Waals surface area contributed by atoms with Gasteiger partial charge in [-0.25, -0.2) is 0 Å². The number of primary amides is 1. The van der Waals surface area contributed by atoms with Crippen molar-refractivity contribution in [3.8, 4) is 5.75 Å². The van der Waals surface area contributed by atoms with E-state index in [-0.39, 0.29) is 25.0 Å². The van der Waals surface area contributed by atoms with Gasteiger partial charge < -0.3 is 25.0 Å². The summed E-state index contributed by atoms with van der Waals surface area (Å²) in [6.45, 7) is 2.43. The van der Waals surface area contributed by atoms with Gasteiger partial charge in [-0.15, -0.1) is 0 Å². The summed E-state index contributed by atoms with van der Waals surface area (Å²) in [6, 6.07) is 23.7. The molecule has 1 aliphatic rings. The number of ether oxygens (including phenoxy) is 2.